The Balaban J connectivity index is 2.76. The van der Waals surface area contributed by atoms with Crippen LogP contribution in [0.4, 0.5) is 13.2 Å². The first kappa shape index (κ1) is 18.6. The van der Waals surface area contributed by atoms with E-state index in [0.29, 0.717) is 9.21 Å². The standard InChI is InChI=1S/C10H15F3N2O6S/c1-22(19,20)15(6-8(16)17)5-7-4-14(2-3-21-7)9(18)10(11,12)13/h7H,2-6H2,1H3,(H,16,17). The molecule has 8 nitrogen and oxygen atoms in total. The van der Waals surface area contributed by atoms with Crippen LogP contribution in [0.3, 0.4) is 0 Å². The van der Waals surface area contributed by atoms with Gasteiger partial charge >= 0.3 is 18.1 Å². The van der Waals surface area contributed by atoms with Crippen molar-refractivity contribution in [3.8, 4) is 0 Å². The van der Waals surface area contributed by atoms with Crippen molar-refractivity contribution < 1.29 is 41.0 Å². The van der Waals surface area contributed by atoms with Gasteiger partial charge in [0.25, 0.3) is 0 Å². The molecule has 1 amide bonds. The van der Waals surface area contributed by atoms with Gasteiger partial charge in [-0.3, -0.25) is 9.59 Å². The maximum Gasteiger partial charge on any atom is 0.471 e. The lowest BCUT2D eigenvalue weighted by atomic mass is 10.2. The van der Waals surface area contributed by atoms with E-state index in [2.05, 4.69) is 0 Å². The van der Waals surface area contributed by atoms with Gasteiger partial charge in [0, 0.05) is 19.6 Å². The van der Waals surface area contributed by atoms with Gasteiger partial charge < -0.3 is 14.7 Å². The van der Waals surface area contributed by atoms with Crippen LogP contribution in [0, 0.1) is 0 Å². The topological polar surface area (TPSA) is 104 Å². The summed E-state index contributed by atoms with van der Waals surface area (Å²) in [6.45, 7) is -2.23. The first-order valence-corrected chi connectivity index (χ1v) is 7.90. The highest BCUT2D eigenvalue weighted by molar-refractivity contribution is 7.88. The van der Waals surface area contributed by atoms with Crippen molar-refractivity contribution in [3.05, 3.63) is 0 Å². The van der Waals surface area contributed by atoms with Gasteiger partial charge in [-0.1, -0.05) is 0 Å². The Kier molecular flexibility index (Phi) is 5.76. The third kappa shape index (κ3) is 5.42. The second-order valence-corrected chi connectivity index (χ2v) is 6.67. The number of carbonyl (C=O) groups excluding carboxylic acids is 1. The van der Waals surface area contributed by atoms with E-state index in [1.165, 1.54) is 0 Å². The molecule has 0 aliphatic carbocycles. The van der Waals surface area contributed by atoms with E-state index >= 15 is 0 Å². The number of ether oxygens (including phenoxy) is 1. The molecule has 1 saturated heterocycles. The summed E-state index contributed by atoms with van der Waals surface area (Å²) < 4.78 is 65.7. The van der Waals surface area contributed by atoms with Crippen LogP contribution >= 0.6 is 0 Å². The average molecular weight is 348 g/mol. The molecule has 12 heteroatoms. The van der Waals surface area contributed by atoms with Crippen molar-refractivity contribution in [1.82, 2.24) is 9.21 Å². The number of carboxylic acids is 1. The van der Waals surface area contributed by atoms with Crippen molar-refractivity contribution in [2.75, 3.05) is 39.0 Å². The van der Waals surface area contributed by atoms with Crippen LogP contribution in [-0.4, -0.2) is 85.9 Å². The molecule has 1 unspecified atom stereocenters. The summed E-state index contributed by atoms with van der Waals surface area (Å²) in [6, 6.07) is 0. The second kappa shape index (κ2) is 6.79. The number of amides is 1. The van der Waals surface area contributed by atoms with Crippen LogP contribution in [-0.2, 0) is 24.3 Å². The highest BCUT2D eigenvalue weighted by atomic mass is 32.2. The summed E-state index contributed by atoms with van der Waals surface area (Å²) in [4.78, 5) is 22.3. The fraction of sp³-hybridized carbons (Fsp3) is 0.800. The molecule has 0 saturated carbocycles. The number of hydrogen-bond acceptors (Lipinski definition) is 5. The molecule has 1 heterocycles. The number of sulfonamides is 1. The van der Waals surface area contributed by atoms with Crippen LogP contribution in [0.1, 0.15) is 0 Å². The van der Waals surface area contributed by atoms with Crippen LogP contribution in [0.15, 0.2) is 0 Å². The van der Waals surface area contributed by atoms with Gasteiger partial charge in [-0.15, -0.1) is 0 Å². The minimum Gasteiger partial charge on any atom is -0.480 e. The van der Waals surface area contributed by atoms with Gasteiger partial charge in [0.2, 0.25) is 10.0 Å². The van der Waals surface area contributed by atoms with Crippen LogP contribution < -0.4 is 0 Å². The molecule has 22 heavy (non-hydrogen) atoms. The number of nitrogens with zero attached hydrogens (tertiary/aromatic N) is 2. The average Bonchev–Trinajstić information content (AvgIpc) is 2.34. The summed E-state index contributed by atoms with van der Waals surface area (Å²) in [5.41, 5.74) is 0. The van der Waals surface area contributed by atoms with E-state index in [4.69, 9.17) is 9.84 Å². The number of morpholine rings is 1. The molecule has 1 aliphatic rings. The normalized spacial score (nSPS) is 20.2. The lowest BCUT2D eigenvalue weighted by Gasteiger charge is -2.35. The molecule has 1 aliphatic heterocycles. The van der Waals surface area contributed by atoms with Gasteiger partial charge in [-0.25, -0.2) is 8.42 Å². The van der Waals surface area contributed by atoms with Gasteiger partial charge in [-0.05, 0) is 0 Å². The minimum absolute atomic E-state index is 0.197. The van der Waals surface area contributed by atoms with E-state index < -0.39 is 53.8 Å². The molecule has 128 valence electrons. The van der Waals surface area contributed by atoms with Crippen molar-refractivity contribution in [1.29, 1.82) is 0 Å². The quantitative estimate of drug-likeness (QED) is 0.692. The third-order valence-electron chi connectivity index (χ3n) is 2.86. The van der Waals surface area contributed by atoms with Gasteiger partial charge in [0.05, 0.1) is 19.0 Å². The van der Waals surface area contributed by atoms with Gasteiger partial charge in [0.15, 0.2) is 0 Å². The maximum absolute atomic E-state index is 12.4. The predicted molar refractivity (Wildman–Crippen MR) is 66.4 cm³/mol. The Morgan fingerprint density at radius 2 is 2.00 bits per heavy atom. The largest absolute Gasteiger partial charge is 0.480 e. The molecule has 0 spiro atoms. The molecule has 0 bridgehead atoms. The van der Waals surface area contributed by atoms with Gasteiger partial charge in [-0.2, -0.15) is 17.5 Å². The molecule has 1 rings (SSSR count). The maximum atomic E-state index is 12.4. The summed E-state index contributed by atoms with van der Waals surface area (Å²) >= 11 is 0. The molecule has 1 N–H and O–H groups in total. The lowest BCUT2D eigenvalue weighted by molar-refractivity contribution is -0.191. The Morgan fingerprint density at radius 3 is 2.45 bits per heavy atom. The molecule has 0 aromatic heterocycles. The Labute approximate surface area is 124 Å². The number of hydrogen-bond donors (Lipinski definition) is 1. The van der Waals surface area contributed by atoms with Crippen LogP contribution in [0.2, 0.25) is 0 Å². The summed E-state index contributed by atoms with van der Waals surface area (Å²) in [7, 11) is -3.88. The number of halogens is 3. The Morgan fingerprint density at radius 1 is 1.41 bits per heavy atom. The van der Waals surface area contributed by atoms with Crippen molar-refractivity contribution >= 4 is 21.9 Å². The number of rotatable bonds is 5. The van der Waals surface area contributed by atoms with Crippen molar-refractivity contribution in [2.24, 2.45) is 0 Å². The summed E-state index contributed by atoms with van der Waals surface area (Å²) in [5.74, 6) is -3.45. The molecule has 0 aromatic rings. The van der Waals surface area contributed by atoms with Gasteiger partial charge in [0.1, 0.15) is 6.54 Å². The highest BCUT2D eigenvalue weighted by Crippen LogP contribution is 2.20. The predicted octanol–water partition coefficient (Wildman–Crippen LogP) is -0.878. The Bertz CT molecular complexity index is 535. The van der Waals surface area contributed by atoms with E-state index in [1.807, 2.05) is 0 Å². The van der Waals surface area contributed by atoms with Crippen molar-refractivity contribution in [3.63, 3.8) is 0 Å². The smallest absolute Gasteiger partial charge is 0.471 e. The summed E-state index contributed by atoms with van der Waals surface area (Å²) in [5, 5.41) is 8.66. The lowest BCUT2D eigenvalue weighted by Crippen LogP contribution is -2.53. The van der Waals surface area contributed by atoms with E-state index in [0.717, 1.165) is 6.26 Å². The molecule has 0 radical (unpaired) electrons. The number of alkyl halides is 3. The summed E-state index contributed by atoms with van der Waals surface area (Å²) in [6.07, 6.45) is -5.29. The molecule has 1 fully saturated rings. The number of aliphatic carboxylic acids is 1. The van der Waals surface area contributed by atoms with E-state index in [9.17, 15) is 31.2 Å². The fourth-order valence-electron chi connectivity index (χ4n) is 1.89. The highest BCUT2D eigenvalue weighted by Gasteiger charge is 2.44. The zero-order valence-electron chi connectivity index (χ0n) is 11.5. The molecular formula is C10H15F3N2O6S. The zero-order chi connectivity index (χ0) is 17.1. The fourth-order valence-corrected chi connectivity index (χ4v) is 2.67. The minimum atomic E-state index is -5.03. The van der Waals surface area contributed by atoms with Crippen molar-refractivity contribution in [2.45, 2.75) is 12.3 Å². The monoisotopic (exact) mass is 348 g/mol. The van der Waals surface area contributed by atoms with Crippen LogP contribution in [0.25, 0.3) is 0 Å². The third-order valence-corrected chi connectivity index (χ3v) is 4.07. The Hall–Kier alpha value is -1.40. The number of carbonyl (C=O) groups is 2. The molecular weight excluding hydrogens is 333 g/mol. The SMILES string of the molecule is CS(=O)(=O)N(CC(=O)O)CC1CN(C(=O)C(F)(F)F)CCO1. The first-order chi connectivity index (χ1) is 9.91. The van der Waals surface area contributed by atoms with E-state index in [-0.39, 0.29) is 13.2 Å². The molecule has 0 aromatic carbocycles. The van der Waals surface area contributed by atoms with E-state index in [1.54, 1.807) is 0 Å². The number of carboxylic acid groups (broad SMARTS) is 1. The second-order valence-electron chi connectivity index (χ2n) is 4.69. The molecule has 1 atom stereocenters. The van der Waals surface area contributed by atoms with Crippen LogP contribution in [0.5, 0.6) is 0 Å². The first-order valence-electron chi connectivity index (χ1n) is 6.06. The zero-order valence-corrected chi connectivity index (χ0v) is 12.4.